The van der Waals surface area contributed by atoms with Crippen LogP contribution in [0, 0.1) is 11.8 Å². The molecule has 1 aromatic heterocycles. The molecule has 20 nitrogen and oxygen atoms in total. The van der Waals surface area contributed by atoms with Crippen LogP contribution in [0.15, 0.2) is 108 Å². The Morgan fingerprint density at radius 3 is 2.21 bits per heavy atom. The number of anilines is 1. The van der Waals surface area contributed by atoms with Crippen LogP contribution >= 0.6 is 0 Å². The summed E-state index contributed by atoms with van der Waals surface area (Å²) in [5.74, 6) is -5.58. The van der Waals surface area contributed by atoms with E-state index < -0.39 is 96.2 Å². The van der Waals surface area contributed by atoms with Crippen molar-refractivity contribution in [1.82, 2.24) is 31.2 Å². The lowest BCUT2D eigenvalue weighted by Crippen LogP contribution is -2.62. The van der Waals surface area contributed by atoms with Gasteiger partial charge in [-0.3, -0.25) is 34.2 Å². The first-order valence-corrected chi connectivity index (χ1v) is 28.2. The molecule has 5 amide bonds. The number of aromatic nitrogens is 1. The number of phenols is 1. The number of ether oxygens (including phenoxy) is 3. The van der Waals surface area contributed by atoms with Gasteiger partial charge < -0.3 is 55.6 Å². The number of fused-ring (bicyclic) bond motifs is 1. The minimum absolute atomic E-state index is 0.0488. The smallest absolute Gasteiger partial charge is 0.340 e. The number of hydrogen-bond acceptors (Lipinski definition) is 14. The summed E-state index contributed by atoms with van der Waals surface area (Å²) >= 11 is 0. The van der Waals surface area contributed by atoms with E-state index in [4.69, 9.17) is 14.2 Å². The van der Waals surface area contributed by atoms with E-state index in [2.05, 4.69) is 50.6 Å². The number of phenolic OH excluding ortho intramolecular Hbond substituents is 1. The number of unbranched alkanes of at least 4 members (excludes halogenated alkanes) is 5. The van der Waals surface area contributed by atoms with Crippen LogP contribution in [0.3, 0.4) is 0 Å². The molecule has 4 aromatic carbocycles. The molecule has 0 spiro atoms. The number of amides is 5. The third-order valence-electron chi connectivity index (χ3n) is 14.7. The number of para-hydroxylation sites is 1. The summed E-state index contributed by atoms with van der Waals surface area (Å²) in [6.45, 7) is 11.0. The molecule has 20 heteroatoms. The number of benzene rings is 4. The second-order valence-electron chi connectivity index (χ2n) is 21.4. The molecule has 2 heterocycles. The van der Waals surface area contributed by atoms with Crippen LogP contribution in [0.4, 0.5) is 5.69 Å². The molecule has 440 valence electrons. The van der Waals surface area contributed by atoms with Crippen LogP contribution < -0.4 is 31.4 Å². The third kappa shape index (κ3) is 17.1. The first-order chi connectivity index (χ1) is 39.3. The van der Waals surface area contributed by atoms with Crippen LogP contribution in [0.2, 0.25) is 0 Å². The van der Waals surface area contributed by atoms with Crippen molar-refractivity contribution in [2.75, 3.05) is 26.2 Å². The van der Waals surface area contributed by atoms with Gasteiger partial charge in [-0.25, -0.2) is 4.79 Å². The number of esters is 2. The molecule has 5 aromatic rings. The van der Waals surface area contributed by atoms with Gasteiger partial charge in [-0.05, 0) is 73.1 Å². The van der Waals surface area contributed by atoms with Gasteiger partial charge in [0.15, 0.2) is 6.10 Å². The fourth-order valence-corrected chi connectivity index (χ4v) is 9.78. The van der Waals surface area contributed by atoms with E-state index in [-0.39, 0.29) is 46.9 Å². The highest BCUT2D eigenvalue weighted by molar-refractivity contribution is 6.38. The summed E-state index contributed by atoms with van der Waals surface area (Å²) in [6, 6.07) is 18.5. The Labute approximate surface area is 479 Å². The molecular weight excluding hydrogens is 1050 g/mol. The first kappa shape index (κ1) is 62.9. The van der Waals surface area contributed by atoms with Gasteiger partial charge in [-0.2, -0.15) is 5.10 Å². The molecule has 8 atom stereocenters. The van der Waals surface area contributed by atoms with E-state index >= 15 is 9.59 Å². The summed E-state index contributed by atoms with van der Waals surface area (Å²) in [4.78, 5) is 106. The van der Waals surface area contributed by atoms with Gasteiger partial charge >= 0.3 is 11.9 Å². The summed E-state index contributed by atoms with van der Waals surface area (Å²) in [6.07, 6.45) is 5.43. The molecule has 1 aliphatic rings. The van der Waals surface area contributed by atoms with Gasteiger partial charge in [0.25, 0.3) is 5.91 Å². The highest BCUT2D eigenvalue weighted by Gasteiger charge is 2.43. The minimum atomic E-state index is -1.78. The average Bonchev–Trinajstić information content (AvgIpc) is 4.11. The standard InChI is InChI=1S/C62H80N8O12/c1-9-38(4)51-61(78)70(7)54(55(73)41-24-17-14-18-25-41)60(77)65-48(34-43-36-63-52-45(43)28-22-29-49(52)80-8)58(75)64-39(5)33-50(72)82-56(42-26-19-15-20-27-42)53(59(76)66-51)67-57(74)40(6)68-69-47-31-30-44(71)35-46(47)62(79)81-32-21-13-11-10-12-16-23-37(2)3/h14-15,17-20,22,24-31,35-39,48,51,53-56,63,69,71,73H,9-13,16,21,23,32-34H2,1-8H3,(H,64,75)(H,65,77)(H,66,76)(H,67,74)/t38-,39-,48+,51-,53-,54-,55-,56+/m0/s1. The monoisotopic (exact) mass is 1130 g/mol. The number of likely N-dealkylation sites (N-methyl/N-ethyl adjacent to an activating group) is 1. The topological polar surface area (TPSA) is 279 Å². The van der Waals surface area contributed by atoms with Crippen LogP contribution in [-0.4, -0.2) is 118 Å². The normalized spacial score (nSPS) is 20.4. The molecular formula is C62H80N8O12. The predicted octanol–water partition coefficient (Wildman–Crippen LogP) is 7.71. The van der Waals surface area contributed by atoms with Gasteiger partial charge in [0.05, 0.1) is 36.9 Å². The van der Waals surface area contributed by atoms with Crippen LogP contribution in [0.5, 0.6) is 11.5 Å². The Balaban J connectivity index is 1.33. The van der Waals surface area contributed by atoms with Crippen LogP contribution in [0.25, 0.3) is 10.9 Å². The summed E-state index contributed by atoms with van der Waals surface area (Å²) in [5, 5.41) is 38.6. The Morgan fingerprint density at radius 2 is 1.52 bits per heavy atom. The maximum atomic E-state index is 15.2. The first-order valence-electron chi connectivity index (χ1n) is 28.2. The lowest BCUT2D eigenvalue weighted by atomic mass is 9.94. The van der Waals surface area contributed by atoms with Crippen molar-refractivity contribution in [3.63, 3.8) is 0 Å². The predicted molar refractivity (Wildman–Crippen MR) is 312 cm³/mol. The molecule has 8 N–H and O–H groups in total. The number of rotatable bonds is 22. The number of aliphatic hydroxyl groups excluding tert-OH is 1. The minimum Gasteiger partial charge on any atom is -0.508 e. The van der Waals surface area contributed by atoms with E-state index in [1.165, 1.54) is 52.1 Å². The molecule has 6 rings (SSSR count). The molecule has 1 aliphatic heterocycles. The number of nitrogens with zero attached hydrogens (tertiary/aromatic N) is 2. The van der Waals surface area contributed by atoms with Gasteiger partial charge in [0.1, 0.15) is 47.5 Å². The molecule has 1 saturated heterocycles. The second kappa shape index (κ2) is 30.5. The summed E-state index contributed by atoms with van der Waals surface area (Å²) in [7, 11) is 2.84. The van der Waals surface area contributed by atoms with E-state index in [1.807, 2.05) is 6.07 Å². The average molecular weight is 1130 g/mol. The van der Waals surface area contributed by atoms with Crippen molar-refractivity contribution < 1.29 is 58.0 Å². The number of aliphatic hydroxyl groups is 1. The van der Waals surface area contributed by atoms with Gasteiger partial charge in [0, 0.05) is 31.1 Å². The molecule has 0 aliphatic carbocycles. The molecule has 0 bridgehead atoms. The van der Waals surface area contributed by atoms with Crippen molar-refractivity contribution in [2.24, 2.45) is 16.9 Å². The number of carbonyl (C=O) groups is 7. The molecule has 0 radical (unpaired) electrons. The van der Waals surface area contributed by atoms with E-state index in [0.717, 1.165) is 30.6 Å². The van der Waals surface area contributed by atoms with E-state index in [1.54, 1.807) is 99.8 Å². The lowest BCUT2D eigenvalue weighted by molar-refractivity contribution is -0.155. The Hall–Kier alpha value is -8.26. The number of hydrogen-bond donors (Lipinski definition) is 8. The number of carbonyl (C=O) groups excluding carboxylic acids is 7. The number of methoxy groups -OCH3 is 1. The zero-order valence-corrected chi connectivity index (χ0v) is 48.2. The maximum Gasteiger partial charge on any atom is 0.340 e. The number of cyclic esters (lactones) is 1. The SMILES string of the molecule is CC[C@H](C)[C@@H]1NC(=O)[C@@H](NC(=O)C(C)=NNc2ccc(O)cc2C(=O)OCCCCCCCCC(C)C)[C@@H](c2ccccc2)OC(=O)C[C@H](C)NC(=O)[C@@H](Cc2c[nH]c3c(OC)cccc23)NC(=O)[C@H]([C@@H](O)c2ccccc2)N(C)C1=O. The van der Waals surface area contributed by atoms with Gasteiger partial charge in [-0.15, -0.1) is 0 Å². The molecule has 82 heavy (non-hydrogen) atoms. The molecule has 0 unspecified atom stereocenters. The van der Waals surface area contributed by atoms with Gasteiger partial charge in [0.2, 0.25) is 23.6 Å². The number of aromatic hydroxyl groups is 1. The van der Waals surface area contributed by atoms with Crippen molar-refractivity contribution in [1.29, 1.82) is 0 Å². The number of aromatic amines is 1. The fourth-order valence-electron chi connectivity index (χ4n) is 9.78. The third-order valence-corrected chi connectivity index (χ3v) is 14.7. The maximum absolute atomic E-state index is 15.2. The zero-order valence-electron chi connectivity index (χ0n) is 48.2. The quantitative estimate of drug-likeness (QED) is 0.0109. The summed E-state index contributed by atoms with van der Waals surface area (Å²) < 4.78 is 17.3. The van der Waals surface area contributed by atoms with Crippen molar-refractivity contribution >= 4 is 63.8 Å². The lowest BCUT2D eigenvalue weighted by Gasteiger charge is -2.36. The highest BCUT2D eigenvalue weighted by Crippen LogP contribution is 2.30. The van der Waals surface area contributed by atoms with Crippen molar-refractivity contribution in [3.05, 3.63) is 126 Å². The van der Waals surface area contributed by atoms with Crippen LogP contribution in [-0.2, 0) is 44.7 Å². The number of H-pyrrole nitrogens is 1. The highest BCUT2D eigenvalue weighted by atomic mass is 16.5. The number of nitrogens with one attached hydrogen (secondary N) is 6. The summed E-state index contributed by atoms with van der Waals surface area (Å²) in [5.41, 5.74) is 4.32. The van der Waals surface area contributed by atoms with Gasteiger partial charge in [-0.1, -0.05) is 145 Å². The van der Waals surface area contributed by atoms with E-state index in [0.29, 0.717) is 41.0 Å². The Bertz CT molecular complexity index is 3000. The second-order valence-corrected chi connectivity index (χ2v) is 21.4. The van der Waals surface area contributed by atoms with Crippen molar-refractivity contribution in [2.45, 2.75) is 148 Å². The number of hydrazone groups is 1. The van der Waals surface area contributed by atoms with Crippen LogP contribution in [0.1, 0.15) is 139 Å². The van der Waals surface area contributed by atoms with E-state index in [9.17, 15) is 34.2 Å². The Morgan fingerprint density at radius 1 is 0.841 bits per heavy atom. The Kier molecular flexibility index (Phi) is 23.4. The molecule has 1 fully saturated rings. The molecule has 0 saturated carbocycles. The fraction of sp³-hybridized carbons (Fsp3) is 0.452. The van der Waals surface area contributed by atoms with Crippen molar-refractivity contribution in [3.8, 4) is 11.5 Å². The zero-order chi connectivity index (χ0) is 59.5. The largest absolute Gasteiger partial charge is 0.508 e.